The maximum atomic E-state index is 9.86. The van der Waals surface area contributed by atoms with Gasteiger partial charge in [-0.25, -0.2) is 0 Å². The van der Waals surface area contributed by atoms with E-state index < -0.39 is 25.4 Å². The van der Waals surface area contributed by atoms with Crippen LogP contribution in [0.15, 0.2) is 66.7 Å². The van der Waals surface area contributed by atoms with E-state index in [1.54, 1.807) is 12.1 Å². The topological polar surface area (TPSA) is 124 Å². The van der Waals surface area contributed by atoms with Gasteiger partial charge in [-0.15, -0.1) is 0 Å². The van der Waals surface area contributed by atoms with Crippen LogP contribution in [0.1, 0.15) is 51.8 Å². The molecule has 52 heavy (non-hydrogen) atoms. The molecule has 0 aromatic heterocycles. The highest BCUT2D eigenvalue weighted by Crippen LogP contribution is 2.36. The fourth-order valence-electron chi connectivity index (χ4n) is 6.45. The molecule has 1 atom stereocenters. The number of aliphatic hydroxyl groups excluding tert-OH is 4. The standard InChI is InChI=1S/C42H53ClN2O7/c1-28-12-13-32(18-29(28)2)23-51-40-20-41(38(43)19-34(40)21-44-42(25-46,26-47)27-48)52-24-33-8-5-9-36(30(33)3)37-10-6-11-39(31(37)4)50-17-7-15-45-16-14-35(49)22-45/h5-6,8-13,18-20,35,44,46-49H,7,14-17,21-27H2,1-4H3/t35-/m1/s1. The van der Waals surface area contributed by atoms with Crippen molar-refractivity contribution in [2.45, 2.75) is 71.9 Å². The number of hydrogen-bond acceptors (Lipinski definition) is 9. The van der Waals surface area contributed by atoms with Crippen molar-refractivity contribution in [3.8, 4) is 28.4 Å². The molecule has 9 nitrogen and oxygen atoms in total. The molecular weight excluding hydrogens is 680 g/mol. The van der Waals surface area contributed by atoms with E-state index in [1.807, 2.05) is 30.3 Å². The number of halogens is 1. The Balaban J connectivity index is 1.32. The Morgan fingerprint density at radius 1 is 0.769 bits per heavy atom. The number of likely N-dealkylation sites (tertiary alicyclic amines) is 1. The highest BCUT2D eigenvalue weighted by molar-refractivity contribution is 6.32. The summed E-state index contributed by atoms with van der Waals surface area (Å²) in [5, 5.41) is 42.8. The van der Waals surface area contributed by atoms with E-state index in [0.29, 0.717) is 35.3 Å². The van der Waals surface area contributed by atoms with Crippen molar-refractivity contribution in [2.75, 3.05) is 46.1 Å². The fraction of sp³-hybridized carbons (Fsp3) is 0.429. The Kier molecular flexibility index (Phi) is 14.0. The van der Waals surface area contributed by atoms with Crippen LogP contribution < -0.4 is 19.5 Å². The molecule has 280 valence electrons. The van der Waals surface area contributed by atoms with Gasteiger partial charge in [-0.3, -0.25) is 0 Å². The minimum atomic E-state index is -1.27. The van der Waals surface area contributed by atoms with Gasteiger partial charge in [0.25, 0.3) is 0 Å². The van der Waals surface area contributed by atoms with Gasteiger partial charge in [-0.05, 0) is 97.2 Å². The number of ether oxygens (including phenoxy) is 3. The third kappa shape index (κ3) is 9.85. The zero-order valence-corrected chi connectivity index (χ0v) is 31.5. The Bertz CT molecular complexity index is 1790. The molecule has 0 aliphatic carbocycles. The molecule has 4 aromatic carbocycles. The van der Waals surface area contributed by atoms with Crippen LogP contribution in [0.3, 0.4) is 0 Å². The molecule has 10 heteroatoms. The maximum Gasteiger partial charge on any atom is 0.142 e. The molecule has 5 N–H and O–H groups in total. The molecule has 0 saturated carbocycles. The molecule has 0 radical (unpaired) electrons. The molecule has 0 unspecified atom stereocenters. The summed E-state index contributed by atoms with van der Waals surface area (Å²) in [6, 6.07) is 22.1. The first-order chi connectivity index (χ1) is 25.1. The number of benzene rings is 4. The highest BCUT2D eigenvalue weighted by Gasteiger charge is 2.28. The average Bonchev–Trinajstić information content (AvgIpc) is 3.57. The number of β-amino-alcohol motifs (C(OH)–C–C–N with tert-alkyl or cyclic N) is 1. The van der Waals surface area contributed by atoms with E-state index in [0.717, 1.165) is 71.6 Å². The van der Waals surface area contributed by atoms with Crippen LogP contribution in [0.5, 0.6) is 17.2 Å². The van der Waals surface area contributed by atoms with Gasteiger partial charge in [-0.2, -0.15) is 0 Å². The summed E-state index contributed by atoms with van der Waals surface area (Å²) in [5.74, 6) is 1.85. The number of aryl methyl sites for hydroxylation is 2. The van der Waals surface area contributed by atoms with E-state index in [1.165, 1.54) is 11.1 Å². The zero-order chi connectivity index (χ0) is 37.3. The van der Waals surface area contributed by atoms with Gasteiger partial charge in [0, 0.05) is 37.8 Å². The van der Waals surface area contributed by atoms with Crippen LogP contribution >= 0.6 is 11.6 Å². The van der Waals surface area contributed by atoms with Crippen LogP contribution in [0, 0.1) is 27.7 Å². The number of nitrogens with one attached hydrogen (secondary N) is 1. The lowest BCUT2D eigenvalue weighted by Gasteiger charge is -2.29. The summed E-state index contributed by atoms with van der Waals surface area (Å²) < 4.78 is 18.9. The second kappa shape index (κ2) is 18.4. The molecule has 0 bridgehead atoms. The lowest BCUT2D eigenvalue weighted by molar-refractivity contribution is 0.0412. The lowest BCUT2D eigenvalue weighted by Crippen LogP contribution is -2.54. The van der Waals surface area contributed by atoms with E-state index in [4.69, 9.17) is 25.8 Å². The summed E-state index contributed by atoms with van der Waals surface area (Å²) in [5.41, 5.74) is 8.17. The van der Waals surface area contributed by atoms with E-state index in [-0.39, 0.29) is 19.3 Å². The van der Waals surface area contributed by atoms with E-state index in [2.05, 4.69) is 62.2 Å². The van der Waals surface area contributed by atoms with Crippen molar-refractivity contribution in [3.05, 3.63) is 111 Å². The average molecular weight is 733 g/mol. The van der Waals surface area contributed by atoms with Crippen molar-refractivity contribution in [1.82, 2.24) is 10.2 Å². The van der Waals surface area contributed by atoms with Gasteiger partial charge in [0.15, 0.2) is 0 Å². The van der Waals surface area contributed by atoms with Gasteiger partial charge in [0.05, 0.1) is 43.1 Å². The fourth-order valence-corrected chi connectivity index (χ4v) is 6.69. The first-order valence-corrected chi connectivity index (χ1v) is 18.4. The van der Waals surface area contributed by atoms with E-state index in [9.17, 15) is 20.4 Å². The largest absolute Gasteiger partial charge is 0.493 e. The minimum absolute atomic E-state index is 0.176. The Labute approximate surface area is 312 Å². The zero-order valence-electron chi connectivity index (χ0n) is 30.8. The number of rotatable bonds is 18. The maximum absolute atomic E-state index is 9.86. The third-order valence-corrected chi connectivity index (χ3v) is 10.5. The molecule has 0 amide bonds. The van der Waals surface area contributed by atoms with Crippen molar-refractivity contribution in [3.63, 3.8) is 0 Å². The first kappa shape index (κ1) is 39.5. The van der Waals surface area contributed by atoms with Crippen molar-refractivity contribution < 1.29 is 34.6 Å². The van der Waals surface area contributed by atoms with Crippen LogP contribution in [0.2, 0.25) is 5.02 Å². The molecule has 1 aliphatic rings. The second-order valence-corrected chi connectivity index (χ2v) is 14.4. The smallest absolute Gasteiger partial charge is 0.142 e. The van der Waals surface area contributed by atoms with Crippen LogP contribution in [0.4, 0.5) is 0 Å². The molecular formula is C42H53ClN2O7. The monoisotopic (exact) mass is 732 g/mol. The predicted octanol–water partition coefficient (Wildman–Crippen LogP) is 6.04. The summed E-state index contributed by atoms with van der Waals surface area (Å²) in [6.07, 6.45) is 1.53. The van der Waals surface area contributed by atoms with Crippen molar-refractivity contribution in [1.29, 1.82) is 0 Å². The lowest BCUT2D eigenvalue weighted by atomic mass is 9.93. The Morgan fingerprint density at radius 2 is 1.48 bits per heavy atom. The summed E-state index contributed by atoms with van der Waals surface area (Å²) in [7, 11) is 0. The molecule has 0 spiro atoms. The molecule has 4 aromatic rings. The first-order valence-electron chi connectivity index (χ1n) is 18.0. The molecule has 1 fully saturated rings. The second-order valence-electron chi connectivity index (χ2n) is 14.0. The Morgan fingerprint density at radius 3 is 2.17 bits per heavy atom. The third-order valence-electron chi connectivity index (χ3n) is 10.2. The Hall–Kier alpha value is -3.67. The van der Waals surface area contributed by atoms with Gasteiger partial charge in [0.2, 0.25) is 0 Å². The normalized spacial score (nSPS) is 14.9. The van der Waals surface area contributed by atoms with Gasteiger partial charge < -0.3 is 44.9 Å². The summed E-state index contributed by atoms with van der Waals surface area (Å²) >= 11 is 6.79. The highest BCUT2D eigenvalue weighted by atomic mass is 35.5. The van der Waals surface area contributed by atoms with Crippen LogP contribution in [-0.2, 0) is 19.8 Å². The van der Waals surface area contributed by atoms with Gasteiger partial charge in [0.1, 0.15) is 30.5 Å². The molecule has 5 rings (SSSR count). The summed E-state index contributed by atoms with van der Waals surface area (Å²) in [6.45, 7) is 10.9. The molecule has 1 saturated heterocycles. The predicted molar refractivity (Wildman–Crippen MR) is 205 cm³/mol. The summed E-state index contributed by atoms with van der Waals surface area (Å²) in [4.78, 5) is 2.28. The SMILES string of the molecule is Cc1ccc(COc2cc(OCc3cccc(-c4cccc(OCCCN5CC[C@@H](O)C5)c4C)c3C)c(Cl)cc2CNC(CO)(CO)CO)cc1C. The molecule has 1 aliphatic heterocycles. The minimum Gasteiger partial charge on any atom is -0.493 e. The number of nitrogens with zero attached hydrogens (tertiary/aromatic N) is 1. The quantitative estimate of drug-likeness (QED) is 0.0780. The number of aliphatic hydroxyl groups is 4. The van der Waals surface area contributed by atoms with Crippen LogP contribution in [0.25, 0.3) is 11.1 Å². The number of hydrogen-bond donors (Lipinski definition) is 5. The van der Waals surface area contributed by atoms with E-state index >= 15 is 0 Å². The van der Waals surface area contributed by atoms with Crippen LogP contribution in [-0.4, -0.2) is 83.0 Å². The van der Waals surface area contributed by atoms with Gasteiger partial charge >= 0.3 is 0 Å². The van der Waals surface area contributed by atoms with Crippen molar-refractivity contribution >= 4 is 11.6 Å². The van der Waals surface area contributed by atoms with Crippen molar-refractivity contribution in [2.24, 2.45) is 0 Å². The van der Waals surface area contributed by atoms with Gasteiger partial charge in [-0.1, -0.05) is 60.1 Å². The molecule has 1 heterocycles.